The third-order valence-corrected chi connectivity index (χ3v) is 5.91. The van der Waals surface area contributed by atoms with Gasteiger partial charge in [-0.05, 0) is 61.7 Å². The molecule has 0 spiro atoms. The standard InChI is InChI=1S/C15H15ClF2N4S2/c1-15(4-5-15)21-24-8-6-9(16)10-2-3-11(22(10)7-8)13(19)23-14(20)12(17)18/h2-3,6-7,12,19-21H,4-5H2,1H3. The molecule has 0 saturated heterocycles. The zero-order valence-electron chi connectivity index (χ0n) is 12.7. The summed E-state index contributed by atoms with van der Waals surface area (Å²) in [5.41, 5.74) is 1.28. The largest absolute Gasteiger partial charge is 0.312 e. The fourth-order valence-electron chi connectivity index (χ4n) is 2.06. The van der Waals surface area contributed by atoms with Crippen molar-refractivity contribution in [2.75, 3.05) is 0 Å². The molecule has 0 amide bonds. The lowest BCUT2D eigenvalue weighted by molar-refractivity contribution is 0.228. The number of pyridine rings is 1. The van der Waals surface area contributed by atoms with Crippen molar-refractivity contribution >= 4 is 50.9 Å². The number of hydrogen-bond acceptors (Lipinski definition) is 5. The van der Waals surface area contributed by atoms with E-state index in [1.165, 1.54) is 11.9 Å². The van der Waals surface area contributed by atoms with Crippen LogP contribution in [0.5, 0.6) is 0 Å². The summed E-state index contributed by atoms with van der Waals surface area (Å²) in [6.07, 6.45) is 1.20. The topological polar surface area (TPSA) is 64.1 Å². The molecule has 3 N–H and O–H groups in total. The van der Waals surface area contributed by atoms with Gasteiger partial charge in [0.1, 0.15) is 10.1 Å². The lowest BCUT2D eigenvalue weighted by Gasteiger charge is -2.12. The maximum absolute atomic E-state index is 12.5. The summed E-state index contributed by atoms with van der Waals surface area (Å²) in [4.78, 5) is 0.875. The first-order chi connectivity index (χ1) is 11.3. The Hall–Kier alpha value is -1.09. The molecule has 2 aromatic heterocycles. The molecule has 3 rings (SSSR count). The van der Waals surface area contributed by atoms with E-state index in [2.05, 4.69) is 11.6 Å². The van der Waals surface area contributed by atoms with E-state index in [1.54, 1.807) is 16.5 Å². The van der Waals surface area contributed by atoms with Gasteiger partial charge in [-0.25, -0.2) is 8.78 Å². The SMILES string of the molecule is CC1(NSc2cc(Cl)c3ccc(C(=N)SC(=N)C(F)F)n3c2)CC1. The molecule has 9 heteroatoms. The van der Waals surface area contributed by atoms with Crippen molar-refractivity contribution in [1.29, 1.82) is 10.8 Å². The van der Waals surface area contributed by atoms with Gasteiger partial charge in [0.25, 0.3) is 6.43 Å². The van der Waals surface area contributed by atoms with Crippen molar-refractivity contribution in [3.05, 3.63) is 35.1 Å². The van der Waals surface area contributed by atoms with Gasteiger partial charge in [0.2, 0.25) is 0 Å². The van der Waals surface area contributed by atoms with Gasteiger partial charge in [-0.15, -0.1) is 0 Å². The highest BCUT2D eigenvalue weighted by Crippen LogP contribution is 2.38. The van der Waals surface area contributed by atoms with Crippen LogP contribution in [-0.2, 0) is 0 Å². The summed E-state index contributed by atoms with van der Waals surface area (Å²) in [6.45, 7) is 2.14. The van der Waals surface area contributed by atoms with Crippen LogP contribution in [0.3, 0.4) is 0 Å². The molecule has 0 bridgehead atoms. The molecular formula is C15H15ClF2N4S2. The number of hydrogen-bond donors (Lipinski definition) is 3. The van der Waals surface area contributed by atoms with Gasteiger partial charge in [-0.2, -0.15) is 0 Å². The maximum Gasteiger partial charge on any atom is 0.285 e. The number of rotatable bonds is 5. The number of aromatic nitrogens is 1. The molecule has 1 saturated carbocycles. The predicted molar refractivity (Wildman–Crippen MR) is 97.2 cm³/mol. The van der Waals surface area contributed by atoms with E-state index in [0.29, 0.717) is 28.0 Å². The Morgan fingerprint density at radius 3 is 2.71 bits per heavy atom. The smallest absolute Gasteiger partial charge is 0.285 e. The first kappa shape index (κ1) is 17.7. The molecule has 1 aliphatic carbocycles. The number of alkyl halides is 2. The van der Waals surface area contributed by atoms with E-state index in [9.17, 15) is 8.78 Å². The molecule has 0 aliphatic heterocycles. The van der Waals surface area contributed by atoms with Crippen LogP contribution < -0.4 is 4.72 Å². The number of nitrogens with zero attached hydrogens (tertiary/aromatic N) is 1. The fourth-order valence-corrected chi connectivity index (χ4v) is 3.88. The predicted octanol–water partition coefficient (Wildman–Crippen LogP) is 5.04. The highest BCUT2D eigenvalue weighted by molar-refractivity contribution is 8.26. The van der Waals surface area contributed by atoms with Gasteiger partial charge >= 0.3 is 0 Å². The van der Waals surface area contributed by atoms with E-state index >= 15 is 0 Å². The third kappa shape index (κ3) is 3.77. The fraction of sp³-hybridized carbons (Fsp3) is 0.333. The molecule has 24 heavy (non-hydrogen) atoms. The van der Waals surface area contributed by atoms with Crippen molar-refractivity contribution < 1.29 is 8.78 Å². The van der Waals surface area contributed by atoms with Crippen molar-refractivity contribution in [3.8, 4) is 0 Å². The van der Waals surface area contributed by atoms with Crippen molar-refractivity contribution in [1.82, 2.24) is 9.12 Å². The van der Waals surface area contributed by atoms with E-state index in [-0.39, 0.29) is 10.6 Å². The van der Waals surface area contributed by atoms with Crippen LogP contribution in [0.4, 0.5) is 8.78 Å². The monoisotopic (exact) mass is 388 g/mol. The Morgan fingerprint density at radius 2 is 2.08 bits per heavy atom. The van der Waals surface area contributed by atoms with Crippen LogP contribution in [-0.4, -0.2) is 26.5 Å². The normalized spacial score (nSPS) is 15.9. The minimum Gasteiger partial charge on any atom is -0.312 e. The van der Waals surface area contributed by atoms with Crippen LogP contribution in [0, 0.1) is 10.8 Å². The maximum atomic E-state index is 12.5. The van der Waals surface area contributed by atoms with Crippen LogP contribution >= 0.6 is 35.3 Å². The van der Waals surface area contributed by atoms with Crippen LogP contribution in [0.2, 0.25) is 5.02 Å². The van der Waals surface area contributed by atoms with Crippen LogP contribution in [0.15, 0.2) is 29.3 Å². The lowest BCUT2D eigenvalue weighted by Crippen LogP contribution is -2.20. The summed E-state index contributed by atoms with van der Waals surface area (Å²) in [5, 5.41) is 14.8. The Kier molecular flexibility index (Phi) is 4.92. The van der Waals surface area contributed by atoms with E-state index < -0.39 is 11.5 Å². The Bertz CT molecular complexity index is 817. The summed E-state index contributed by atoms with van der Waals surface area (Å²) in [5.74, 6) is 0. The number of thioether (sulfide) groups is 1. The van der Waals surface area contributed by atoms with Gasteiger partial charge in [0, 0.05) is 16.6 Å². The minimum atomic E-state index is -2.88. The van der Waals surface area contributed by atoms with Gasteiger partial charge in [-0.1, -0.05) is 11.6 Å². The Labute approximate surface area is 151 Å². The Balaban J connectivity index is 1.87. The molecule has 0 aromatic carbocycles. The van der Waals surface area contributed by atoms with E-state index in [4.69, 9.17) is 22.4 Å². The third-order valence-electron chi connectivity index (χ3n) is 3.75. The average Bonchev–Trinajstić information content (AvgIpc) is 3.09. The highest BCUT2D eigenvalue weighted by Gasteiger charge is 2.37. The molecule has 1 aliphatic rings. The summed E-state index contributed by atoms with van der Waals surface area (Å²) < 4.78 is 30.1. The Morgan fingerprint density at radius 1 is 1.38 bits per heavy atom. The van der Waals surface area contributed by atoms with Crippen molar-refractivity contribution in [2.45, 2.75) is 36.6 Å². The molecule has 4 nitrogen and oxygen atoms in total. The number of fused-ring (bicyclic) bond motifs is 1. The van der Waals surface area contributed by atoms with Gasteiger partial charge in [-0.3, -0.25) is 15.5 Å². The molecule has 0 radical (unpaired) electrons. The molecular weight excluding hydrogens is 374 g/mol. The summed E-state index contributed by atoms with van der Waals surface area (Å²) >= 11 is 8.22. The molecule has 1 fully saturated rings. The first-order valence-corrected chi connectivity index (χ1v) is 9.18. The number of halogens is 3. The quantitative estimate of drug-likeness (QED) is 0.382. The zero-order chi connectivity index (χ0) is 17.5. The van der Waals surface area contributed by atoms with Crippen molar-refractivity contribution in [2.24, 2.45) is 0 Å². The van der Waals surface area contributed by atoms with Crippen LogP contribution in [0.25, 0.3) is 5.52 Å². The zero-order valence-corrected chi connectivity index (χ0v) is 15.1. The van der Waals surface area contributed by atoms with Gasteiger partial charge < -0.3 is 4.40 Å². The summed E-state index contributed by atoms with van der Waals surface area (Å²) in [7, 11) is 0. The average molecular weight is 389 g/mol. The molecule has 2 heterocycles. The molecule has 0 unspecified atom stereocenters. The minimum absolute atomic E-state index is 0.111. The van der Waals surface area contributed by atoms with E-state index in [0.717, 1.165) is 17.7 Å². The van der Waals surface area contributed by atoms with E-state index in [1.807, 2.05) is 12.3 Å². The van der Waals surface area contributed by atoms with Gasteiger partial charge in [0.05, 0.1) is 16.2 Å². The van der Waals surface area contributed by atoms with Crippen molar-refractivity contribution in [3.63, 3.8) is 0 Å². The second-order valence-corrected chi connectivity index (χ2v) is 8.20. The second-order valence-electron chi connectivity index (χ2n) is 5.86. The van der Waals surface area contributed by atoms with Gasteiger partial charge in [0.15, 0.2) is 0 Å². The summed E-state index contributed by atoms with van der Waals surface area (Å²) in [6, 6.07) is 5.23. The second kappa shape index (κ2) is 6.67. The number of nitrogens with one attached hydrogen (secondary N) is 3. The lowest BCUT2D eigenvalue weighted by atomic mass is 10.4. The first-order valence-electron chi connectivity index (χ1n) is 7.17. The molecule has 0 atom stereocenters. The highest BCUT2D eigenvalue weighted by atomic mass is 35.5. The molecule has 128 valence electrons. The van der Waals surface area contributed by atoms with Crippen LogP contribution in [0.1, 0.15) is 25.5 Å². The molecule has 2 aromatic rings.